The second-order valence-corrected chi connectivity index (χ2v) is 7.83. The van der Waals surface area contributed by atoms with Crippen LogP contribution in [0, 0.1) is 0 Å². The molecule has 24 heavy (non-hydrogen) atoms. The number of Topliss-reactive ketones (excluding diaryl/α,β-unsaturated/α-hetero) is 1. The van der Waals surface area contributed by atoms with E-state index >= 15 is 0 Å². The molecule has 0 fully saturated rings. The van der Waals surface area contributed by atoms with Gasteiger partial charge in [0.15, 0.2) is 0 Å². The maximum Gasteiger partial charge on any atom is 0.304 e. The lowest BCUT2D eigenvalue weighted by Gasteiger charge is -2.25. The molecule has 1 atom stereocenters. The second kappa shape index (κ2) is 6.03. The molecule has 0 aromatic heterocycles. The van der Waals surface area contributed by atoms with Gasteiger partial charge >= 0.3 is 5.97 Å². The van der Waals surface area contributed by atoms with Crippen molar-refractivity contribution in [3.05, 3.63) is 58.6 Å². The van der Waals surface area contributed by atoms with Gasteiger partial charge in [-0.3, -0.25) is 9.59 Å². The lowest BCUT2D eigenvalue weighted by atomic mass is 10.1. The highest BCUT2D eigenvalue weighted by molar-refractivity contribution is 9.10. The molecule has 3 rings (SSSR count). The summed E-state index contributed by atoms with van der Waals surface area (Å²) in [5.74, 6) is -1.32. The number of ketones is 1. The zero-order valence-electron chi connectivity index (χ0n) is 12.5. The molecule has 1 heterocycles. The molecule has 0 saturated carbocycles. The van der Waals surface area contributed by atoms with Gasteiger partial charge in [0, 0.05) is 17.0 Å². The quantitative estimate of drug-likeness (QED) is 0.727. The van der Waals surface area contributed by atoms with Crippen molar-refractivity contribution in [3.63, 3.8) is 0 Å². The van der Waals surface area contributed by atoms with Crippen LogP contribution in [-0.2, 0) is 19.6 Å². The number of nitrogens with zero attached hydrogens (tertiary/aromatic N) is 1. The predicted molar refractivity (Wildman–Crippen MR) is 90.1 cm³/mol. The summed E-state index contributed by atoms with van der Waals surface area (Å²) in [6, 6.07) is 12.3. The molecule has 0 radical (unpaired) electrons. The molecule has 0 spiro atoms. The van der Waals surface area contributed by atoms with Gasteiger partial charge in [0.2, 0.25) is 5.78 Å². The van der Waals surface area contributed by atoms with Crippen LogP contribution in [0.25, 0.3) is 0 Å². The molecule has 0 aliphatic carbocycles. The molecule has 8 heteroatoms. The van der Waals surface area contributed by atoms with Gasteiger partial charge in [0.25, 0.3) is 16.3 Å². The van der Waals surface area contributed by atoms with Gasteiger partial charge in [0.1, 0.15) is 0 Å². The fourth-order valence-electron chi connectivity index (χ4n) is 2.48. The largest absolute Gasteiger partial charge is 0.433 e. The van der Waals surface area contributed by atoms with E-state index in [1.165, 1.54) is 24.3 Å². The number of sulfonamides is 1. The standard InChI is InChI=1S/C16H12BrNO5S/c1-10(19)23-16-15(20)13-9-11(17)7-8-14(13)18(16)24(21,22)12-5-3-2-4-6-12/h2-9,16H,1H3/t16-/m1/s1. The Bertz CT molecular complexity index is 927. The fraction of sp³-hybridized carbons (Fsp3) is 0.125. The lowest BCUT2D eigenvalue weighted by Crippen LogP contribution is -2.42. The molecule has 0 saturated heterocycles. The van der Waals surface area contributed by atoms with Crippen LogP contribution in [0.15, 0.2) is 57.9 Å². The summed E-state index contributed by atoms with van der Waals surface area (Å²) >= 11 is 3.25. The van der Waals surface area contributed by atoms with E-state index in [1.807, 2.05) is 0 Å². The minimum absolute atomic E-state index is 0.00530. The van der Waals surface area contributed by atoms with Crippen LogP contribution in [0.3, 0.4) is 0 Å². The van der Waals surface area contributed by atoms with E-state index in [0.29, 0.717) is 4.47 Å². The number of halogens is 1. The first-order valence-corrected chi connectivity index (χ1v) is 9.16. The summed E-state index contributed by atoms with van der Waals surface area (Å²) in [5.41, 5.74) is 0.355. The number of benzene rings is 2. The third-order valence-electron chi connectivity index (χ3n) is 3.48. The van der Waals surface area contributed by atoms with Crippen LogP contribution >= 0.6 is 15.9 Å². The van der Waals surface area contributed by atoms with E-state index in [0.717, 1.165) is 11.2 Å². The van der Waals surface area contributed by atoms with E-state index in [9.17, 15) is 18.0 Å². The number of esters is 1. The minimum Gasteiger partial charge on any atom is -0.433 e. The van der Waals surface area contributed by atoms with Crippen LogP contribution in [-0.4, -0.2) is 26.4 Å². The molecule has 1 aliphatic rings. The van der Waals surface area contributed by atoms with Crippen molar-refractivity contribution >= 4 is 43.4 Å². The van der Waals surface area contributed by atoms with Gasteiger partial charge in [-0.15, -0.1) is 0 Å². The number of hydrogen-bond donors (Lipinski definition) is 0. The van der Waals surface area contributed by atoms with E-state index in [1.54, 1.807) is 24.3 Å². The van der Waals surface area contributed by atoms with Gasteiger partial charge in [-0.25, -0.2) is 12.7 Å². The molecule has 0 bridgehead atoms. The smallest absolute Gasteiger partial charge is 0.304 e. The van der Waals surface area contributed by atoms with Crippen molar-refractivity contribution in [1.82, 2.24) is 0 Å². The Balaban J connectivity index is 2.19. The van der Waals surface area contributed by atoms with Crippen molar-refractivity contribution < 1.29 is 22.7 Å². The topological polar surface area (TPSA) is 80.8 Å². The zero-order valence-corrected chi connectivity index (χ0v) is 14.9. The first kappa shape index (κ1) is 16.7. The van der Waals surface area contributed by atoms with Crippen LogP contribution in [0.1, 0.15) is 17.3 Å². The first-order valence-electron chi connectivity index (χ1n) is 6.93. The molecule has 124 valence electrons. The van der Waals surface area contributed by atoms with Crippen molar-refractivity contribution in [2.24, 2.45) is 0 Å². The molecular formula is C16H12BrNO5S. The van der Waals surface area contributed by atoms with Crippen molar-refractivity contribution in [3.8, 4) is 0 Å². The Labute approximate surface area is 147 Å². The number of rotatable bonds is 3. The van der Waals surface area contributed by atoms with E-state index in [-0.39, 0.29) is 16.1 Å². The summed E-state index contributed by atoms with van der Waals surface area (Å²) < 4.78 is 32.5. The fourth-order valence-corrected chi connectivity index (χ4v) is 4.38. The Morgan fingerprint density at radius 3 is 2.46 bits per heavy atom. The number of carbonyl (C=O) groups excluding carboxylic acids is 2. The summed E-state index contributed by atoms with van der Waals surface area (Å²) in [4.78, 5) is 23.9. The van der Waals surface area contributed by atoms with Crippen molar-refractivity contribution in [2.45, 2.75) is 18.0 Å². The monoisotopic (exact) mass is 409 g/mol. The first-order chi connectivity index (χ1) is 11.3. The molecule has 0 unspecified atom stereocenters. The third-order valence-corrected chi connectivity index (χ3v) is 5.74. The van der Waals surface area contributed by atoms with E-state index in [2.05, 4.69) is 15.9 Å². The van der Waals surface area contributed by atoms with Crippen LogP contribution < -0.4 is 4.31 Å². The summed E-state index contributed by atoms with van der Waals surface area (Å²) in [5, 5.41) is 0. The number of fused-ring (bicyclic) bond motifs is 1. The maximum absolute atomic E-state index is 13.0. The van der Waals surface area contributed by atoms with Crippen molar-refractivity contribution in [2.75, 3.05) is 4.31 Å². The molecular weight excluding hydrogens is 398 g/mol. The van der Waals surface area contributed by atoms with Crippen LogP contribution in [0.4, 0.5) is 5.69 Å². The number of hydrogen-bond acceptors (Lipinski definition) is 5. The van der Waals surface area contributed by atoms with E-state index in [4.69, 9.17) is 4.74 Å². The average molecular weight is 410 g/mol. The number of ether oxygens (including phenoxy) is 1. The summed E-state index contributed by atoms with van der Waals surface area (Å²) in [6.07, 6.45) is -1.54. The predicted octanol–water partition coefficient (Wildman–Crippen LogP) is 2.73. The highest BCUT2D eigenvalue weighted by atomic mass is 79.9. The molecule has 2 aromatic rings. The van der Waals surface area contributed by atoms with Gasteiger partial charge < -0.3 is 4.74 Å². The van der Waals surface area contributed by atoms with Gasteiger partial charge in [-0.05, 0) is 30.3 Å². The third kappa shape index (κ3) is 2.71. The highest BCUT2D eigenvalue weighted by Crippen LogP contribution is 2.38. The second-order valence-electron chi connectivity index (χ2n) is 5.10. The highest BCUT2D eigenvalue weighted by Gasteiger charge is 2.46. The van der Waals surface area contributed by atoms with Gasteiger partial charge in [-0.2, -0.15) is 0 Å². The van der Waals surface area contributed by atoms with Crippen molar-refractivity contribution in [1.29, 1.82) is 0 Å². The molecule has 2 aromatic carbocycles. The Kier molecular flexibility index (Phi) is 4.18. The van der Waals surface area contributed by atoms with Gasteiger partial charge in [0.05, 0.1) is 10.6 Å². The Morgan fingerprint density at radius 1 is 1.17 bits per heavy atom. The molecule has 0 amide bonds. The zero-order chi connectivity index (χ0) is 17.5. The summed E-state index contributed by atoms with van der Waals surface area (Å²) in [7, 11) is -4.07. The maximum atomic E-state index is 13.0. The summed E-state index contributed by atoms with van der Waals surface area (Å²) in [6.45, 7) is 1.12. The SMILES string of the molecule is CC(=O)O[C@@H]1C(=O)c2cc(Br)ccc2N1S(=O)(=O)c1ccccc1. The lowest BCUT2D eigenvalue weighted by molar-refractivity contribution is -0.143. The Hall–Kier alpha value is -2.19. The van der Waals surface area contributed by atoms with Crippen LogP contribution in [0.5, 0.6) is 0 Å². The number of anilines is 1. The normalized spacial score (nSPS) is 16.8. The molecule has 6 nitrogen and oxygen atoms in total. The Morgan fingerprint density at radius 2 is 1.83 bits per heavy atom. The molecule has 1 aliphatic heterocycles. The number of carbonyl (C=O) groups is 2. The van der Waals surface area contributed by atoms with Crippen LogP contribution in [0.2, 0.25) is 0 Å². The van der Waals surface area contributed by atoms with Gasteiger partial charge in [-0.1, -0.05) is 34.1 Å². The van der Waals surface area contributed by atoms with E-state index < -0.39 is 28.0 Å². The minimum atomic E-state index is -4.07. The molecule has 0 N–H and O–H groups in total. The average Bonchev–Trinajstić information content (AvgIpc) is 2.81.